The van der Waals surface area contributed by atoms with Crippen molar-refractivity contribution in [2.24, 2.45) is 0 Å². The van der Waals surface area contributed by atoms with E-state index in [4.69, 9.17) is 11.3 Å². The Bertz CT molecular complexity index is 908. The number of fused-ring (bicyclic) bond motifs is 1. The Balaban J connectivity index is 1.16. The van der Waals surface area contributed by atoms with Crippen LogP contribution in [0.5, 0.6) is 5.75 Å². The second-order valence-electron chi connectivity index (χ2n) is 8.84. The Morgan fingerprint density at radius 1 is 0.933 bits per heavy atom. The topological polar surface area (TPSA) is 33.0 Å². The maximum absolute atomic E-state index is 7.05. The van der Waals surface area contributed by atoms with Crippen LogP contribution in [0.15, 0.2) is 36.5 Å². The van der Waals surface area contributed by atoms with E-state index >= 15 is 0 Å². The maximum Gasteiger partial charge on any atom is 0.205 e. The van der Waals surface area contributed by atoms with E-state index in [2.05, 4.69) is 37.8 Å². The first-order valence-electron chi connectivity index (χ1n) is 11.4. The van der Waals surface area contributed by atoms with Crippen molar-refractivity contribution in [3.63, 3.8) is 0 Å². The number of hydrogen-bond acceptors (Lipinski definition) is 4. The molecule has 0 amide bonds. The lowest BCUT2D eigenvalue weighted by Crippen LogP contribution is -2.41. The number of rotatable bonds is 4. The zero-order valence-corrected chi connectivity index (χ0v) is 17.6. The molecular formula is C25H30N4O. The molecule has 3 heterocycles. The molecule has 1 saturated carbocycles. The third kappa shape index (κ3) is 4.15. The predicted molar refractivity (Wildman–Crippen MR) is 119 cm³/mol. The predicted octanol–water partition coefficient (Wildman–Crippen LogP) is 4.63. The molecule has 2 aromatic rings. The average Bonchev–Trinajstić information content (AvgIpc) is 2.96. The number of nitrogens with zero attached hydrogens (tertiary/aromatic N) is 4. The Labute approximate surface area is 179 Å². The zero-order valence-electron chi connectivity index (χ0n) is 17.6. The first-order chi connectivity index (χ1) is 14.8. The van der Waals surface area contributed by atoms with Crippen LogP contribution < -0.4 is 9.64 Å². The van der Waals surface area contributed by atoms with Crippen molar-refractivity contribution < 1.29 is 4.74 Å². The monoisotopic (exact) mass is 402 g/mol. The first-order valence-corrected chi connectivity index (χ1v) is 11.4. The Kier molecular flexibility index (Phi) is 5.59. The maximum atomic E-state index is 7.05. The van der Waals surface area contributed by atoms with Gasteiger partial charge in [-0.1, -0.05) is 18.6 Å². The van der Waals surface area contributed by atoms with E-state index in [-0.39, 0.29) is 6.10 Å². The summed E-state index contributed by atoms with van der Waals surface area (Å²) in [4.78, 5) is 12.9. The number of aromatic nitrogens is 1. The molecule has 0 atom stereocenters. The van der Waals surface area contributed by atoms with Gasteiger partial charge in [0.05, 0.1) is 6.57 Å². The van der Waals surface area contributed by atoms with Gasteiger partial charge >= 0.3 is 0 Å². The fraction of sp³-hybridized carbons (Fsp3) is 0.520. The van der Waals surface area contributed by atoms with Crippen molar-refractivity contribution in [3.05, 3.63) is 59.1 Å². The molecule has 156 valence electrons. The van der Waals surface area contributed by atoms with Crippen LogP contribution in [0.2, 0.25) is 0 Å². The number of anilines is 1. The summed E-state index contributed by atoms with van der Waals surface area (Å²) < 4.78 is 6.39. The van der Waals surface area contributed by atoms with Crippen LogP contribution in [0.3, 0.4) is 0 Å². The lowest BCUT2D eigenvalue weighted by atomic mass is 9.91. The lowest BCUT2D eigenvalue weighted by molar-refractivity contribution is 0.133. The molecule has 1 saturated heterocycles. The van der Waals surface area contributed by atoms with Crippen molar-refractivity contribution in [2.45, 2.75) is 57.1 Å². The van der Waals surface area contributed by atoms with Gasteiger partial charge in [0.1, 0.15) is 17.7 Å². The van der Waals surface area contributed by atoms with Gasteiger partial charge < -0.3 is 9.64 Å². The van der Waals surface area contributed by atoms with Crippen LogP contribution in [0, 0.1) is 6.57 Å². The van der Waals surface area contributed by atoms with Gasteiger partial charge in [0.15, 0.2) is 0 Å². The molecule has 3 aliphatic rings. The quantitative estimate of drug-likeness (QED) is 0.698. The van der Waals surface area contributed by atoms with Crippen molar-refractivity contribution in [3.8, 4) is 5.75 Å². The Hall–Kier alpha value is -2.58. The van der Waals surface area contributed by atoms with Crippen LogP contribution >= 0.6 is 0 Å². The number of benzene rings is 1. The van der Waals surface area contributed by atoms with Crippen LogP contribution in [-0.2, 0) is 12.8 Å². The number of ether oxygens (including phenoxy) is 1. The molecule has 0 bridgehead atoms. The van der Waals surface area contributed by atoms with Gasteiger partial charge in [-0.2, -0.15) is 0 Å². The minimum Gasteiger partial charge on any atom is -0.490 e. The highest BCUT2D eigenvalue weighted by Crippen LogP contribution is 2.29. The van der Waals surface area contributed by atoms with Crippen LogP contribution in [0.25, 0.3) is 4.85 Å². The van der Waals surface area contributed by atoms with Gasteiger partial charge in [0, 0.05) is 51.3 Å². The second-order valence-corrected chi connectivity index (χ2v) is 8.84. The van der Waals surface area contributed by atoms with Crippen molar-refractivity contribution in [1.29, 1.82) is 0 Å². The highest BCUT2D eigenvalue weighted by molar-refractivity contribution is 5.49. The molecule has 0 spiro atoms. The standard InChI is InChI=1S/C25H30N4O/c1-26-21-6-8-25(27-18-21)29-15-11-23(12-16-29)30-24-7-5-19-9-13-28(22-3-2-4-22)14-10-20(19)17-24/h5-8,17-18,22-23H,2-4,9-16H2. The second kappa shape index (κ2) is 8.65. The normalized spacial score (nSPS) is 20.7. The van der Waals surface area contributed by atoms with Gasteiger partial charge in [0.2, 0.25) is 5.69 Å². The molecule has 2 fully saturated rings. The van der Waals surface area contributed by atoms with E-state index in [0.717, 1.165) is 50.0 Å². The third-order valence-corrected chi connectivity index (χ3v) is 7.04. The summed E-state index contributed by atoms with van der Waals surface area (Å²) in [5.74, 6) is 1.99. The molecule has 1 aliphatic carbocycles. The van der Waals surface area contributed by atoms with E-state index in [1.807, 2.05) is 12.1 Å². The molecular weight excluding hydrogens is 372 g/mol. The minimum atomic E-state index is 0.263. The average molecular weight is 403 g/mol. The molecule has 0 N–H and O–H groups in total. The van der Waals surface area contributed by atoms with E-state index in [1.165, 1.54) is 49.9 Å². The summed E-state index contributed by atoms with van der Waals surface area (Å²) in [6.07, 6.45) is 10.4. The molecule has 2 aliphatic heterocycles. The van der Waals surface area contributed by atoms with Crippen LogP contribution in [0.1, 0.15) is 43.2 Å². The SMILES string of the molecule is [C-]#[N+]c1ccc(N2CCC(Oc3ccc4c(c3)CCN(C3CCC3)CC4)CC2)nc1. The summed E-state index contributed by atoms with van der Waals surface area (Å²) in [6, 6.07) is 11.4. The van der Waals surface area contributed by atoms with Crippen molar-refractivity contribution in [1.82, 2.24) is 9.88 Å². The lowest BCUT2D eigenvalue weighted by Gasteiger charge is -2.36. The highest BCUT2D eigenvalue weighted by Gasteiger charge is 2.27. The van der Waals surface area contributed by atoms with E-state index in [9.17, 15) is 0 Å². The Morgan fingerprint density at radius 3 is 2.40 bits per heavy atom. The molecule has 5 heteroatoms. The molecule has 5 nitrogen and oxygen atoms in total. The fourth-order valence-corrected chi connectivity index (χ4v) is 4.94. The molecule has 1 aromatic heterocycles. The van der Waals surface area contributed by atoms with Gasteiger partial charge in [-0.3, -0.25) is 9.88 Å². The van der Waals surface area contributed by atoms with E-state index in [1.54, 1.807) is 6.20 Å². The highest BCUT2D eigenvalue weighted by atomic mass is 16.5. The molecule has 5 rings (SSSR count). The minimum absolute atomic E-state index is 0.263. The molecule has 30 heavy (non-hydrogen) atoms. The van der Waals surface area contributed by atoms with Gasteiger partial charge in [-0.05, 0) is 55.0 Å². The molecule has 0 radical (unpaired) electrons. The summed E-state index contributed by atoms with van der Waals surface area (Å²) in [5, 5.41) is 0. The molecule has 1 aromatic carbocycles. The largest absolute Gasteiger partial charge is 0.490 e. The van der Waals surface area contributed by atoms with Crippen molar-refractivity contribution >= 4 is 11.5 Å². The summed E-state index contributed by atoms with van der Waals surface area (Å²) in [5.41, 5.74) is 3.58. The van der Waals surface area contributed by atoms with E-state index in [0.29, 0.717) is 5.69 Å². The summed E-state index contributed by atoms with van der Waals surface area (Å²) >= 11 is 0. The van der Waals surface area contributed by atoms with Crippen molar-refractivity contribution in [2.75, 3.05) is 31.1 Å². The smallest absolute Gasteiger partial charge is 0.205 e. The zero-order chi connectivity index (χ0) is 20.3. The number of pyridine rings is 1. The fourth-order valence-electron chi connectivity index (χ4n) is 4.94. The van der Waals surface area contributed by atoms with E-state index < -0.39 is 0 Å². The summed E-state index contributed by atoms with van der Waals surface area (Å²) in [7, 11) is 0. The Morgan fingerprint density at radius 2 is 1.73 bits per heavy atom. The van der Waals surface area contributed by atoms with Gasteiger partial charge in [0.25, 0.3) is 0 Å². The summed E-state index contributed by atoms with van der Waals surface area (Å²) in [6.45, 7) is 11.3. The third-order valence-electron chi connectivity index (χ3n) is 7.04. The first kappa shape index (κ1) is 19.4. The van der Waals surface area contributed by atoms with Crippen LogP contribution in [0.4, 0.5) is 11.5 Å². The number of piperidine rings is 1. The molecule has 0 unspecified atom stereocenters. The van der Waals surface area contributed by atoms with Crippen LogP contribution in [-0.4, -0.2) is 48.2 Å². The van der Waals surface area contributed by atoms with Gasteiger partial charge in [-0.25, -0.2) is 4.85 Å². The number of hydrogen-bond donors (Lipinski definition) is 0. The van der Waals surface area contributed by atoms with Gasteiger partial charge in [-0.15, -0.1) is 0 Å².